The molecule has 0 saturated heterocycles. The van der Waals surface area contributed by atoms with Crippen LogP contribution in [0.15, 0.2) is 11.6 Å². The zero-order valence-corrected chi connectivity index (χ0v) is 8.26. The van der Waals surface area contributed by atoms with Crippen LogP contribution in [0, 0.1) is 5.92 Å². The van der Waals surface area contributed by atoms with Crippen molar-refractivity contribution >= 4 is 13.1 Å². The van der Waals surface area contributed by atoms with E-state index in [1.165, 1.54) is 5.57 Å². The molecule has 0 aromatic heterocycles. The van der Waals surface area contributed by atoms with Gasteiger partial charge in [0.2, 0.25) is 0 Å². The standard InChI is InChI=1S/C10H17BO/c1-4-8-7(2)5-6-9(11-3)10(8)12/h5,8-9,11H,4,6H2,1-3H3. The van der Waals surface area contributed by atoms with E-state index < -0.39 is 0 Å². The van der Waals surface area contributed by atoms with Crippen molar-refractivity contribution in [1.82, 2.24) is 0 Å². The lowest BCUT2D eigenvalue weighted by Gasteiger charge is -2.25. The van der Waals surface area contributed by atoms with Crippen molar-refractivity contribution in [1.29, 1.82) is 0 Å². The Morgan fingerprint density at radius 1 is 1.67 bits per heavy atom. The first-order valence-electron chi connectivity index (χ1n) is 4.91. The minimum atomic E-state index is 0.226. The van der Waals surface area contributed by atoms with Gasteiger partial charge in [0.25, 0.3) is 0 Å². The molecule has 2 heteroatoms. The summed E-state index contributed by atoms with van der Waals surface area (Å²) in [6.45, 7) is 6.28. The highest BCUT2D eigenvalue weighted by Crippen LogP contribution is 2.30. The molecule has 0 amide bonds. The van der Waals surface area contributed by atoms with Gasteiger partial charge in [0.05, 0.1) is 0 Å². The smallest absolute Gasteiger partial charge is 0.135 e. The first-order chi connectivity index (χ1) is 5.70. The summed E-state index contributed by atoms with van der Waals surface area (Å²) in [4.78, 5) is 11.8. The number of carbonyl (C=O) groups is 1. The lowest BCUT2D eigenvalue weighted by Crippen LogP contribution is -2.26. The highest BCUT2D eigenvalue weighted by Gasteiger charge is 2.28. The summed E-state index contributed by atoms with van der Waals surface area (Å²) < 4.78 is 0. The fourth-order valence-electron chi connectivity index (χ4n) is 1.99. The minimum absolute atomic E-state index is 0.226. The fraction of sp³-hybridized carbons (Fsp3) is 0.700. The Morgan fingerprint density at radius 2 is 2.33 bits per heavy atom. The molecule has 1 rings (SSSR count). The van der Waals surface area contributed by atoms with Crippen LogP contribution in [0.4, 0.5) is 0 Å². The molecule has 1 nitrogen and oxygen atoms in total. The molecule has 0 radical (unpaired) electrons. The normalized spacial score (nSPS) is 29.9. The molecule has 0 aliphatic heterocycles. The van der Waals surface area contributed by atoms with Gasteiger partial charge in [-0.2, -0.15) is 0 Å². The lowest BCUT2D eigenvalue weighted by atomic mass is 9.58. The van der Waals surface area contributed by atoms with E-state index in [0.29, 0.717) is 11.6 Å². The molecule has 12 heavy (non-hydrogen) atoms. The summed E-state index contributed by atoms with van der Waals surface area (Å²) in [7, 11) is 0.999. The molecule has 0 N–H and O–H groups in total. The predicted molar refractivity (Wildman–Crippen MR) is 53.9 cm³/mol. The summed E-state index contributed by atoms with van der Waals surface area (Å²) in [6, 6.07) is 0. The Bertz CT molecular complexity index is 208. The summed E-state index contributed by atoms with van der Waals surface area (Å²) >= 11 is 0. The summed E-state index contributed by atoms with van der Waals surface area (Å²) in [5.41, 5.74) is 1.28. The zero-order valence-electron chi connectivity index (χ0n) is 8.26. The molecule has 0 bridgehead atoms. The second-order valence-electron chi connectivity index (χ2n) is 3.65. The molecule has 0 heterocycles. The third-order valence-electron chi connectivity index (χ3n) is 2.92. The van der Waals surface area contributed by atoms with E-state index in [2.05, 4.69) is 26.7 Å². The van der Waals surface area contributed by atoms with E-state index in [1.54, 1.807) is 0 Å². The van der Waals surface area contributed by atoms with Crippen LogP contribution < -0.4 is 0 Å². The average Bonchev–Trinajstić information content (AvgIpc) is 2.06. The molecule has 0 aromatic carbocycles. The van der Waals surface area contributed by atoms with E-state index in [-0.39, 0.29) is 5.92 Å². The van der Waals surface area contributed by atoms with Gasteiger partial charge in [-0.05, 0) is 25.6 Å². The molecule has 2 unspecified atom stereocenters. The van der Waals surface area contributed by atoms with Gasteiger partial charge in [-0.1, -0.05) is 25.4 Å². The van der Waals surface area contributed by atoms with Crippen molar-refractivity contribution in [3.8, 4) is 0 Å². The molecule has 1 aliphatic rings. The van der Waals surface area contributed by atoms with Crippen LogP contribution in [-0.4, -0.2) is 13.1 Å². The molecular formula is C10H17BO. The molecule has 0 fully saturated rings. The summed E-state index contributed by atoms with van der Waals surface area (Å²) in [6.07, 6.45) is 4.18. The van der Waals surface area contributed by atoms with Gasteiger partial charge in [-0.3, -0.25) is 4.79 Å². The molecule has 0 saturated carbocycles. The van der Waals surface area contributed by atoms with Crippen molar-refractivity contribution in [2.24, 2.45) is 5.92 Å². The van der Waals surface area contributed by atoms with E-state index in [1.807, 2.05) is 0 Å². The van der Waals surface area contributed by atoms with E-state index >= 15 is 0 Å². The number of carbonyl (C=O) groups excluding carboxylic acids is 1. The van der Waals surface area contributed by atoms with Crippen molar-refractivity contribution in [2.45, 2.75) is 39.3 Å². The number of allylic oxidation sites excluding steroid dienone is 2. The van der Waals surface area contributed by atoms with Gasteiger partial charge in [0.1, 0.15) is 13.1 Å². The van der Waals surface area contributed by atoms with Crippen LogP contribution in [-0.2, 0) is 4.79 Å². The number of hydrogen-bond donors (Lipinski definition) is 0. The van der Waals surface area contributed by atoms with Gasteiger partial charge in [0, 0.05) is 5.92 Å². The maximum absolute atomic E-state index is 11.8. The van der Waals surface area contributed by atoms with Crippen LogP contribution in [0.2, 0.25) is 12.6 Å². The predicted octanol–water partition coefficient (Wildman–Crippen LogP) is 2.20. The number of rotatable bonds is 2. The van der Waals surface area contributed by atoms with Gasteiger partial charge in [-0.15, -0.1) is 0 Å². The van der Waals surface area contributed by atoms with Crippen molar-refractivity contribution in [3.05, 3.63) is 11.6 Å². The quantitative estimate of drug-likeness (QED) is 0.451. The molecule has 1 aliphatic carbocycles. The summed E-state index contributed by atoms with van der Waals surface area (Å²) in [5, 5.41) is 0. The molecule has 0 spiro atoms. The number of hydrogen-bond acceptors (Lipinski definition) is 1. The first kappa shape index (κ1) is 9.56. The summed E-state index contributed by atoms with van der Waals surface area (Å²) in [5.74, 6) is 1.00. The average molecular weight is 164 g/mol. The maximum Gasteiger partial charge on any atom is 0.135 e. The Kier molecular flexibility index (Phi) is 3.13. The van der Waals surface area contributed by atoms with Gasteiger partial charge < -0.3 is 0 Å². The Morgan fingerprint density at radius 3 is 2.83 bits per heavy atom. The molecule has 2 atom stereocenters. The van der Waals surface area contributed by atoms with Gasteiger partial charge >= 0.3 is 0 Å². The Hall–Kier alpha value is -0.525. The van der Waals surface area contributed by atoms with E-state index in [0.717, 1.165) is 20.1 Å². The van der Waals surface area contributed by atoms with Gasteiger partial charge in [-0.25, -0.2) is 0 Å². The second-order valence-corrected chi connectivity index (χ2v) is 3.65. The largest absolute Gasteiger partial charge is 0.300 e. The molecule has 0 aromatic rings. The van der Waals surface area contributed by atoms with Crippen LogP contribution in [0.1, 0.15) is 26.7 Å². The molecular weight excluding hydrogens is 147 g/mol. The third-order valence-corrected chi connectivity index (χ3v) is 2.92. The zero-order chi connectivity index (χ0) is 9.14. The monoisotopic (exact) mass is 164 g/mol. The van der Waals surface area contributed by atoms with Gasteiger partial charge in [0.15, 0.2) is 0 Å². The van der Waals surface area contributed by atoms with E-state index in [4.69, 9.17) is 0 Å². The SMILES string of the molecule is CBC1CC=C(C)C(CC)C1=O. The van der Waals surface area contributed by atoms with Crippen LogP contribution in [0.25, 0.3) is 0 Å². The van der Waals surface area contributed by atoms with Crippen molar-refractivity contribution in [3.63, 3.8) is 0 Å². The second kappa shape index (κ2) is 3.93. The van der Waals surface area contributed by atoms with E-state index in [9.17, 15) is 4.79 Å². The topological polar surface area (TPSA) is 17.1 Å². The fourth-order valence-corrected chi connectivity index (χ4v) is 1.99. The molecule has 66 valence electrons. The van der Waals surface area contributed by atoms with Crippen molar-refractivity contribution < 1.29 is 4.79 Å². The maximum atomic E-state index is 11.8. The van der Waals surface area contributed by atoms with Crippen LogP contribution in [0.5, 0.6) is 0 Å². The first-order valence-corrected chi connectivity index (χ1v) is 4.91. The third kappa shape index (κ3) is 1.62. The number of Topliss-reactive ketones (excluding diaryl/α,β-unsaturated/α-hetero) is 1. The number of ketones is 1. The van der Waals surface area contributed by atoms with Crippen LogP contribution in [0.3, 0.4) is 0 Å². The Labute approximate surface area is 75.5 Å². The lowest BCUT2D eigenvalue weighted by molar-refractivity contribution is -0.122. The van der Waals surface area contributed by atoms with Crippen molar-refractivity contribution in [2.75, 3.05) is 0 Å². The minimum Gasteiger partial charge on any atom is -0.300 e. The highest BCUT2D eigenvalue weighted by molar-refractivity contribution is 6.43. The highest BCUT2D eigenvalue weighted by atomic mass is 16.1. The Balaban J connectivity index is 2.78. The van der Waals surface area contributed by atoms with Crippen LogP contribution >= 0.6 is 0 Å².